The first-order valence-corrected chi connectivity index (χ1v) is 9.66. The van der Waals surface area contributed by atoms with E-state index in [2.05, 4.69) is 15.4 Å². The maximum absolute atomic E-state index is 12.6. The molecular weight excluding hydrogens is 352 g/mol. The van der Waals surface area contributed by atoms with Crippen molar-refractivity contribution in [3.63, 3.8) is 0 Å². The first-order chi connectivity index (χ1) is 13.6. The second kappa shape index (κ2) is 7.84. The number of aromatic nitrogens is 3. The molecule has 28 heavy (non-hydrogen) atoms. The van der Waals surface area contributed by atoms with Crippen LogP contribution in [0.15, 0.2) is 48.7 Å². The maximum Gasteiger partial charge on any atom is 0.257 e. The van der Waals surface area contributed by atoms with Gasteiger partial charge in [0.2, 0.25) is 0 Å². The molecule has 0 bridgehead atoms. The highest BCUT2D eigenvalue weighted by atomic mass is 16.5. The molecule has 2 heterocycles. The molecule has 1 aromatic carbocycles. The molecule has 3 aromatic rings. The van der Waals surface area contributed by atoms with Crippen molar-refractivity contribution in [2.45, 2.75) is 45.6 Å². The summed E-state index contributed by atoms with van der Waals surface area (Å²) in [5, 5.41) is 7.33. The molecule has 1 fully saturated rings. The van der Waals surface area contributed by atoms with Gasteiger partial charge in [0.05, 0.1) is 17.4 Å². The van der Waals surface area contributed by atoms with E-state index in [0.717, 1.165) is 30.0 Å². The lowest BCUT2D eigenvalue weighted by atomic mass is 10.2. The molecule has 144 valence electrons. The number of carbonyl (C=O) groups is 1. The summed E-state index contributed by atoms with van der Waals surface area (Å²) < 4.78 is 7.77. The minimum Gasteiger partial charge on any atom is -0.490 e. The Bertz CT molecular complexity index is 972. The SMILES string of the molecule is Cc1cc(C)n(-c2ccc(C(=O)Nc3cccc(OC4CCCC4)c3)cn2)n1. The fraction of sp³-hybridized carbons (Fsp3) is 0.318. The molecule has 1 saturated carbocycles. The van der Waals surface area contributed by atoms with E-state index in [1.54, 1.807) is 23.0 Å². The molecule has 0 radical (unpaired) electrons. The maximum atomic E-state index is 12.6. The predicted molar refractivity (Wildman–Crippen MR) is 108 cm³/mol. The number of aryl methyl sites for hydroxylation is 2. The standard InChI is InChI=1S/C22H24N4O2/c1-15-12-16(2)26(25-15)21-11-10-17(14-23-21)22(27)24-18-6-5-9-20(13-18)28-19-7-3-4-8-19/h5-6,9-14,19H,3-4,7-8H2,1-2H3,(H,24,27). The van der Waals surface area contributed by atoms with Gasteiger partial charge in [-0.15, -0.1) is 0 Å². The summed E-state index contributed by atoms with van der Waals surface area (Å²) in [5.74, 6) is 1.28. The van der Waals surface area contributed by atoms with E-state index in [4.69, 9.17) is 4.74 Å². The van der Waals surface area contributed by atoms with Crippen LogP contribution in [-0.2, 0) is 0 Å². The monoisotopic (exact) mass is 376 g/mol. The van der Waals surface area contributed by atoms with E-state index in [1.807, 2.05) is 44.2 Å². The highest BCUT2D eigenvalue weighted by Gasteiger charge is 2.16. The summed E-state index contributed by atoms with van der Waals surface area (Å²) in [6, 6.07) is 13.1. The number of pyridine rings is 1. The number of hydrogen-bond donors (Lipinski definition) is 1. The van der Waals surface area contributed by atoms with E-state index >= 15 is 0 Å². The topological polar surface area (TPSA) is 69.0 Å². The molecule has 1 N–H and O–H groups in total. The highest BCUT2D eigenvalue weighted by Crippen LogP contribution is 2.26. The van der Waals surface area contributed by atoms with Crippen molar-refractivity contribution < 1.29 is 9.53 Å². The predicted octanol–water partition coefficient (Wildman–Crippen LogP) is 4.46. The number of hydrogen-bond acceptors (Lipinski definition) is 4. The molecule has 6 nitrogen and oxygen atoms in total. The smallest absolute Gasteiger partial charge is 0.257 e. The van der Waals surface area contributed by atoms with Crippen LogP contribution in [0, 0.1) is 13.8 Å². The average molecular weight is 376 g/mol. The van der Waals surface area contributed by atoms with E-state index in [0.29, 0.717) is 17.1 Å². The second-order valence-electron chi connectivity index (χ2n) is 7.25. The minimum atomic E-state index is -0.203. The fourth-order valence-corrected chi connectivity index (χ4v) is 3.56. The average Bonchev–Trinajstić information content (AvgIpc) is 3.31. The summed E-state index contributed by atoms with van der Waals surface area (Å²) in [4.78, 5) is 17.0. The van der Waals surface area contributed by atoms with Gasteiger partial charge in [-0.3, -0.25) is 4.79 Å². The van der Waals surface area contributed by atoms with Crippen LogP contribution in [-0.4, -0.2) is 26.8 Å². The summed E-state index contributed by atoms with van der Waals surface area (Å²) in [6.45, 7) is 3.92. The molecule has 0 atom stereocenters. The zero-order valence-corrected chi connectivity index (χ0v) is 16.2. The Morgan fingerprint density at radius 3 is 2.64 bits per heavy atom. The third kappa shape index (κ3) is 4.06. The van der Waals surface area contributed by atoms with E-state index in [-0.39, 0.29) is 12.0 Å². The molecule has 6 heteroatoms. The minimum absolute atomic E-state index is 0.203. The molecule has 0 aliphatic heterocycles. The Hall–Kier alpha value is -3.15. The largest absolute Gasteiger partial charge is 0.490 e. The lowest BCUT2D eigenvalue weighted by Gasteiger charge is -2.14. The third-order valence-corrected chi connectivity index (χ3v) is 4.93. The number of carbonyl (C=O) groups excluding carboxylic acids is 1. The summed E-state index contributed by atoms with van der Waals surface area (Å²) >= 11 is 0. The molecule has 1 aliphatic rings. The Kier molecular flexibility index (Phi) is 5.10. The number of amides is 1. The van der Waals surface area contributed by atoms with Crippen molar-refractivity contribution in [1.29, 1.82) is 0 Å². The van der Waals surface area contributed by atoms with Gasteiger partial charge in [0, 0.05) is 23.6 Å². The molecule has 2 aromatic heterocycles. The van der Waals surface area contributed by atoms with Gasteiger partial charge in [-0.2, -0.15) is 5.10 Å². The van der Waals surface area contributed by atoms with Crippen molar-refractivity contribution in [3.8, 4) is 11.6 Å². The lowest BCUT2D eigenvalue weighted by molar-refractivity contribution is 0.102. The normalized spacial score (nSPS) is 14.2. The molecule has 0 unspecified atom stereocenters. The first kappa shape index (κ1) is 18.2. The number of benzene rings is 1. The van der Waals surface area contributed by atoms with E-state index < -0.39 is 0 Å². The van der Waals surface area contributed by atoms with Crippen LogP contribution in [0.5, 0.6) is 5.75 Å². The van der Waals surface area contributed by atoms with Gasteiger partial charge in [0.15, 0.2) is 5.82 Å². The van der Waals surface area contributed by atoms with Crippen LogP contribution < -0.4 is 10.1 Å². The Morgan fingerprint density at radius 1 is 1.14 bits per heavy atom. The van der Waals surface area contributed by atoms with Crippen molar-refractivity contribution >= 4 is 11.6 Å². The van der Waals surface area contributed by atoms with Gasteiger partial charge >= 0.3 is 0 Å². The zero-order valence-electron chi connectivity index (χ0n) is 16.2. The van der Waals surface area contributed by atoms with Crippen molar-refractivity contribution in [2.24, 2.45) is 0 Å². The van der Waals surface area contributed by atoms with Gasteiger partial charge in [0.25, 0.3) is 5.91 Å². The lowest BCUT2D eigenvalue weighted by Crippen LogP contribution is -2.14. The summed E-state index contributed by atoms with van der Waals surface area (Å²) in [5.41, 5.74) is 3.14. The van der Waals surface area contributed by atoms with Gasteiger partial charge in [0.1, 0.15) is 5.75 Å². The van der Waals surface area contributed by atoms with Crippen molar-refractivity contribution in [2.75, 3.05) is 5.32 Å². The first-order valence-electron chi connectivity index (χ1n) is 9.66. The number of ether oxygens (including phenoxy) is 1. The number of rotatable bonds is 5. The van der Waals surface area contributed by atoms with E-state index in [1.165, 1.54) is 12.8 Å². The van der Waals surface area contributed by atoms with Gasteiger partial charge < -0.3 is 10.1 Å². The Morgan fingerprint density at radius 2 is 1.96 bits per heavy atom. The van der Waals surface area contributed by atoms with Crippen molar-refractivity contribution in [3.05, 3.63) is 65.6 Å². The second-order valence-corrected chi connectivity index (χ2v) is 7.25. The van der Waals surface area contributed by atoms with Gasteiger partial charge in [-0.05, 0) is 69.9 Å². The molecule has 0 spiro atoms. The van der Waals surface area contributed by atoms with Gasteiger partial charge in [-0.25, -0.2) is 9.67 Å². The van der Waals surface area contributed by atoms with Crippen LogP contribution in [0.1, 0.15) is 47.4 Å². The molecule has 4 rings (SSSR count). The molecule has 1 aliphatic carbocycles. The van der Waals surface area contributed by atoms with Crippen LogP contribution in [0.4, 0.5) is 5.69 Å². The quantitative estimate of drug-likeness (QED) is 0.714. The van der Waals surface area contributed by atoms with Crippen LogP contribution in [0.3, 0.4) is 0 Å². The molecule has 1 amide bonds. The number of nitrogens with zero attached hydrogens (tertiary/aromatic N) is 3. The van der Waals surface area contributed by atoms with Gasteiger partial charge in [-0.1, -0.05) is 6.07 Å². The zero-order chi connectivity index (χ0) is 19.5. The summed E-state index contributed by atoms with van der Waals surface area (Å²) in [6.07, 6.45) is 6.51. The summed E-state index contributed by atoms with van der Waals surface area (Å²) in [7, 11) is 0. The third-order valence-electron chi connectivity index (χ3n) is 4.93. The Balaban J connectivity index is 1.44. The number of nitrogens with one attached hydrogen (secondary N) is 1. The highest BCUT2D eigenvalue weighted by molar-refractivity contribution is 6.04. The van der Waals surface area contributed by atoms with E-state index in [9.17, 15) is 4.79 Å². The number of anilines is 1. The van der Waals surface area contributed by atoms with Crippen LogP contribution in [0.2, 0.25) is 0 Å². The van der Waals surface area contributed by atoms with Crippen LogP contribution in [0.25, 0.3) is 5.82 Å². The fourth-order valence-electron chi connectivity index (χ4n) is 3.56. The molecular formula is C22H24N4O2. The molecule has 0 saturated heterocycles. The van der Waals surface area contributed by atoms with Crippen LogP contribution >= 0.6 is 0 Å². The van der Waals surface area contributed by atoms with Crippen molar-refractivity contribution in [1.82, 2.24) is 14.8 Å². The Labute approximate surface area is 164 Å².